The van der Waals surface area contributed by atoms with E-state index >= 15 is 0 Å². The van der Waals surface area contributed by atoms with Crippen LogP contribution in [0.3, 0.4) is 0 Å². The fourth-order valence-electron chi connectivity index (χ4n) is 1.76. The highest BCUT2D eigenvalue weighted by molar-refractivity contribution is 7.99. The van der Waals surface area contributed by atoms with Crippen molar-refractivity contribution in [3.8, 4) is 0 Å². The second-order valence-corrected chi connectivity index (χ2v) is 4.87. The Morgan fingerprint density at radius 2 is 2.12 bits per heavy atom. The Morgan fingerprint density at radius 3 is 3.00 bits per heavy atom. The van der Waals surface area contributed by atoms with Crippen molar-refractivity contribution in [2.75, 3.05) is 5.75 Å². The van der Waals surface area contributed by atoms with E-state index in [1.165, 1.54) is 0 Å². The van der Waals surface area contributed by atoms with Gasteiger partial charge in [-0.15, -0.1) is 10.2 Å². The second-order valence-electron chi connectivity index (χ2n) is 3.81. The van der Waals surface area contributed by atoms with Gasteiger partial charge in [-0.1, -0.05) is 36.9 Å². The molecule has 0 saturated carbocycles. The number of rotatable bonds is 3. The van der Waals surface area contributed by atoms with Crippen LogP contribution in [0.2, 0.25) is 0 Å². The van der Waals surface area contributed by atoms with Crippen LogP contribution in [0.15, 0.2) is 29.4 Å². The minimum atomic E-state index is 0.742. The lowest BCUT2D eigenvalue weighted by molar-refractivity contribution is 0.876. The number of benzene rings is 1. The molecule has 86 valence electrons. The molecule has 2 heterocycles. The summed E-state index contributed by atoms with van der Waals surface area (Å²) in [7, 11) is 0. The van der Waals surface area contributed by atoms with Crippen molar-refractivity contribution < 1.29 is 0 Å². The van der Waals surface area contributed by atoms with Crippen LogP contribution in [0.1, 0.15) is 13.3 Å². The molecule has 5 heteroatoms. The first-order valence-electron chi connectivity index (χ1n) is 5.62. The maximum Gasteiger partial charge on any atom is 0.211 e. The van der Waals surface area contributed by atoms with Crippen LogP contribution in [-0.4, -0.2) is 25.9 Å². The molecule has 0 bridgehead atoms. The van der Waals surface area contributed by atoms with E-state index in [9.17, 15) is 0 Å². The Kier molecular flexibility index (Phi) is 2.68. The molecule has 3 aromatic rings. The molecular formula is C12H12N4S. The summed E-state index contributed by atoms with van der Waals surface area (Å²) in [6.07, 6.45) is 1.11. The van der Waals surface area contributed by atoms with Gasteiger partial charge in [-0.05, 0) is 12.5 Å². The van der Waals surface area contributed by atoms with Crippen LogP contribution in [0.5, 0.6) is 0 Å². The van der Waals surface area contributed by atoms with Gasteiger partial charge in [0.2, 0.25) is 5.16 Å². The van der Waals surface area contributed by atoms with Gasteiger partial charge < -0.3 is 4.98 Å². The third-order valence-corrected chi connectivity index (χ3v) is 3.58. The number of nitrogens with one attached hydrogen (secondary N) is 1. The van der Waals surface area contributed by atoms with Gasteiger partial charge in [-0.2, -0.15) is 0 Å². The number of thioether (sulfide) groups is 1. The molecule has 0 fully saturated rings. The van der Waals surface area contributed by atoms with Crippen molar-refractivity contribution in [3.05, 3.63) is 24.3 Å². The van der Waals surface area contributed by atoms with Crippen LogP contribution in [0.4, 0.5) is 0 Å². The van der Waals surface area contributed by atoms with E-state index in [1.54, 1.807) is 11.8 Å². The molecule has 0 saturated heterocycles. The summed E-state index contributed by atoms with van der Waals surface area (Å²) in [6, 6.07) is 8.05. The molecule has 0 aliphatic rings. The van der Waals surface area contributed by atoms with Gasteiger partial charge >= 0.3 is 0 Å². The monoisotopic (exact) mass is 244 g/mol. The molecule has 1 N–H and O–H groups in total. The Labute approximate surface area is 103 Å². The summed E-state index contributed by atoms with van der Waals surface area (Å²) in [5.41, 5.74) is 2.73. The Bertz CT molecular complexity index is 662. The Hall–Kier alpha value is -1.62. The van der Waals surface area contributed by atoms with Gasteiger partial charge in [0.05, 0.1) is 0 Å². The number of nitrogens with zero attached hydrogens (tertiary/aromatic N) is 3. The highest BCUT2D eigenvalue weighted by atomic mass is 32.2. The lowest BCUT2D eigenvalue weighted by Gasteiger charge is -1.95. The van der Waals surface area contributed by atoms with Gasteiger partial charge in [0.15, 0.2) is 5.65 Å². The quantitative estimate of drug-likeness (QED) is 0.719. The minimum Gasteiger partial charge on any atom is -0.338 e. The van der Waals surface area contributed by atoms with Crippen LogP contribution in [-0.2, 0) is 0 Å². The first-order valence-corrected chi connectivity index (χ1v) is 6.61. The number of aromatic amines is 1. The SMILES string of the molecule is CCCSc1nnc2c(n1)[nH]c1ccccc12. The standard InChI is InChI=1S/C12H12N4S/c1-2-7-17-12-14-11-10(15-16-12)8-5-3-4-6-9(8)13-11/h3-6H,2,7H2,1H3,(H,13,14,16). The molecule has 0 amide bonds. The van der Waals surface area contributed by atoms with E-state index < -0.39 is 0 Å². The zero-order valence-corrected chi connectivity index (χ0v) is 10.3. The van der Waals surface area contributed by atoms with E-state index in [1.807, 2.05) is 24.3 Å². The van der Waals surface area contributed by atoms with Gasteiger partial charge in [0.1, 0.15) is 5.52 Å². The molecule has 4 nitrogen and oxygen atoms in total. The largest absolute Gasteiger partial charge is 0.338 e. The summed E-state index contributed by atoms with van der Waals surface area (Å²) in [6.45, 7) is 2.14. The van der Waals surface area contributed by atoms with Crippen LogP contribution in [0.25, 0.3) is 22.1 Å². The molecule has 0 radical (unpaired) electrons. The Balaban J connectivity index is 2.13. The van der Waals surface area contributed by atoms with Crippen LogP contribution in [0, 0.1) is 0 Å². The van der Waals surface area contributed by atoms with Crippen molar-refractivity contribution in [2.45, 2.75) is 18.5 Å². The normalized spacial score (nSPS) is 11.4. The summed E-state index contributed by atoms with van der Waals surface area (Å²) in [5, 5.41) is 10.2. The number of fused-ring (bicyclic) bond motifs is 3. The maximum absolute atomic E-state index is 4.48. The van der Waals surface area contributed by atoms with Crippen LogP contribution < -0.4 is 0 Å². The molecule has 3 rings (SSSR count). The second kappa shape index (κ2) is 4.33. The van der Waals surface area contributed by atoms with E-state index in [0.717, 1.165) is 39.4 Å². The molecule has 0 aliphatic heterocycles. The average molecular weight is 244 g/mol. The highest BCUT2D eigenvalue weighted by Crippen LogP contribution is 2.23. The van der Waals surface area contributed by atoms with Gasteiger partial charge in [-0.3, -0.25) is 0 Å². The third kappa shape index (κ3) is 1.86. The maximum atomic E-state index is 4.48. The topological polar surface area (TPSA) is 54.5 Å². The molecule has 0 atom stereocenters. The van der Waals surface area contributed by atoms with Crippen molar-refractivity contribution >= 4 is 33.8 Å². The molecule has 0 spiro atoms. The fourth-order valence-corrected chi connectivity index (χ4v) is 2.40. The molecular weight excluding hydrogens is 232 g/mol. The van der Waals surface area contributed by atoms with E-state index in [0.29, 0.717) is 0 Å². The predicted molar refractivity (Wildman–Crippen MR) is 70.2 cm³/mol. The molecule has 2 aromatic heterocycles. The van der Waals surface area contributed by atoms with Gasteiger partial charge in [-0.25, -0.2) is 4.98 Å². The summed E-state index contributed by atoms with van der Waals surface area (Å²) >= 11 is 1.64. The zero-order valence-electron chi connectivity index (χ0n) is 9.47. The molecule has 17 heavy (non-hydrogen) atoms. The van der Waals surface area contributed by atoms with E-state index in [-0.39, 0.29) is 0 Å². The summed E-state index contributed by atoms with van der Waals surface area (Å²) in [5.74, 6) is 1.02. The minimum absolute atomic E-state index is 0.742. The summed E-state index contributed by atoms with van der Waals surface area (Å²) < 4.78 is 0. The average Bonchev–Trinajstić information content (AvgIpc) is 2.74. The van der Waals surface area contributed by atoms with E-state index in [2.05, 4.69) is 27.1 Å². The van der Waals surface area contributed by atoms with Gasteiger partial charge in [0, 0.05) is 16.7 Å². The zero-order chi connectivity index (χ0) is 11.7. The number of hydrogen-bond donors (Lipinski definition) is 1. The lowest BCUT2D eigenvalue weighted by atomic mass is 10.2. The molecule has 0 unspecified atom stereocenters. The van der Waals surface area contributed by atoms with Crippen molar-refractivity contribution in [2.24, 2.45) is 0 Å². The smallest absolute Gasteiger partial charge is 0.211 e. The Morgan fingerprint density at radius 1 is 1.24 bits per heavy atom. The first kappa shape index (κ1) is 10.5. The number of H-pyrrole nitrogens is 1. The molecule has 1 aromatic carbocycles. The lowest BCUT2D eigenvalue weighted by Crippen LogP contribution is -1.91. The van der Waals surface area contributed by atoms with Crippen LogP contribution >= 0.6 is 11.8 Å². The number of para-hydroxylation sites is 1. The van der Waals surface area contributed by atoms with E-state index in [4.69, 9.17) is 0 Å². The number of aromatic nitrogens is 4. The van der Waals surface area contributed by atoms with Crippen molar-refractivity contribution in [3.63, 3.8) is 0 Å². The van der Waals surface area contributed by atoms with Gasteiger partial charge in [0.25, 0.3) is 0 Å². The predicted octanol–water partition coefficient (Wildman–Crippen LogP) is 3.01. The summed E-state index contributed by atoms with van der Waals surface area (Å²) in [4.78, 5) is 7.75. The van der Waals surface area contributed by atoms with Crippen molar-refractivity contribution in [1.82, 2.24) is 20.2 Å². The number of hydrogen-bond acceptors (Lipinski definition) is 4. The first-order chi connectivity index (χ1) is 8.38. The fraction of sp³-hybridized carbons (Fsp3) is 0.250. The third-order valence-electron chi connectivity index (χ3n) is 2.54. The van der Waals surface area contributed by atoms with Crippen molar-refractivity contribution in [1.29, 1.82) is 0 Å². The molecule has 0 aliphatic carbocycles. The highest BCUT2D eigenvalue weighted by Gasteiger charge is 2.08.